The van der Waals surface area contributed by atoms with Crippen LogP contribution in [-0.2, 0) is 14.3 Å². The largest absolute Gasteiger partial charge is 0.385 e. The monoisotopic (exact) mass is 321 g/mol. The van der Waals surface area contributed by atoms with Gasteiger partial charge in [0.05, 0.1) is 11.5 Å². The van der Waals surface area contributed by atoms with Crippen LogP contribution < -0.4 is 5.32 Å². The number of hydrogen-bond donors (Lipinski definition) is 1. The second kappa shape index (κ2) is 6.97. The standard InChI is InChI=1S/C18H24FNO3/c1-22-11-9-18(7-8-18)17(21)20-12-14-6-10-23-16(14)13-2-4-15(19)5-3-13/h2-5,14,16H,6-12H2,1H3,(H,20,21)/t14-,16-/m0/s1. The van der Waals surface area contributed by atoms with Crippen molar-refractivity contribution < 1.29 is 18.7 Å². The van der Waals surface area contributed by atoms with Gasteiger partial charge in [-0.1, -0.05) is 12.1 Å². The fraction of sp³-hybridized carbons (Fsp3) is 0.611. The van der Waals surface area contributed by atoms with Crippen LogP contribution in [0.2, 0.25) is 0 Å². The molecule has 0 spiro atoms. The van der Waals surface area contributed by atoms with Gasteiger partial charge in [-0.15, -0.1) is 0 Å². The van der Waals surface area contributed by atoms with Crippen LogP contribution in [0.4, 0.5) is 4.39 Å². The number of rotatable bonds is 7. The number of hydrogen-bond acceptors (Lipinski definition) is 3. The number of carbonyl (C=O) groups excluding carboxylic acids is 1. The first kappa shape index (κ1) is 16.4. The summed E-state index contributed by atoms with van der Waals surface area (Å²) in [5.41, 5.74) is 0.768. The van der Waals surface area contributed by atoms with Crippen molar-refractivity contribution in [3.8, 4) is 0 Å². The summed E-state index contributed by atoms with van der Waals surface area (Å²) in [4.78, 5) is 12.4. The summed E-state index contributed by atoms with van der Waals surface area (Å²) in [7, 11) is 1.66. The van der Waals surface area contributed by atoms with Gasteiger partial charge >= 0.3 is 0 Å². The maximum Gasteiger partial charge on any atom is 0.226 e. The fourth-order valence-corrected chi connectivity index (χ4v) is 3.31. The molecule has 1 N–H and O–H groups in total. The molecule has 1 amide bonds. The highest BCUT2D eigenvalue weighted by atomic mass is 19.1. The molecule has 1 aliphatic heterocycles. The Morgan fingerprint density at radius 1 is 1.39 bits per heavy atom. The normalized spacial score (nSPS) is 25.3. The zero-order chi connectivity index (χ0) is 16.3. The van der Waals surface area contributed by atoms with Gasteiger partial charge in [-0.2, -0.15) is 0 Å². The van der Waals surface area contributed by atoms with Crippen LogP contribution in [-0.4, -0.2) is 32.8 Å². The van der Waals surface area contributed by atoms with E-state index in [-0.39, 0.29) is 29.2 Å². The van der Waals surface area contributed by atoms with Gasteiger partial charge < -0.3 is 14.8 Å². The van der Waals surface area contributed by atoms with Gasteiger partial charge in [0, 0.05) is 32.8 Å². The number of methoxy groups -OCH3 is 1. The van der Waals surface area contributed by atoms with Crippen molar-refractivity contribution in [2.75, 3.05) is 26.9 Å². The summed E-state index contributed by atoms with van der Waals surface area (Å²) in [6.45, 7) is 1.91. The molecular weight excluding hydrogens is 297 g/mol. The van der Waals surface area contributed by atoms with Crippen molar-refractivity contribution in [1.82, 2.24) is 5.32 Å². The lowest BCUT2D eigenvalue weighted by molar-refractivity contribution is -0.127. The molecule has 1 saturated carbocycles. The molecule has 0 aromatic heterocycles. The van der Waals surface area contributed by atoms with Crippen LogP contribution in [0.5, 0.6) is 0 Å². The third kappa shape index (κ3) is 3.72. The van der Waals surface area contributed by atoms with Crippen molar-refractivity contribution in [3.05, 3.63) is 35.6 Å². The van der Waals surface area contributed by atoms with E-state index in [4.69, 9.17) is 9.47 Å². The molecule has 1 saturated heterocycles. The van der Waals surface area contributed by atoms with Gasteiger partial charge in [-0.25, -0.2) is 4.39 Å². The molecule has 0 unspecified atom stereocenters. The molecule has 3 rings (SSSR count). The molecule has 23 heavy (non-hydrogen) atoms. The van der Waals surface area contributed by atoms with E-state index in [0.717, 1.165) is 31.2 Å². The molecule has 2 aliphatic rings. The van der Waals surface area contributed by atoms with Crippen LogP contribution in [0.15, 0.2) is 24.3 Å². The lowest BCUT2D eigenvalue weighted by Crippen LogP contribution is -2.36. The molecule has 1 heterocycles. The fourth-order valence-electron chi connectivity index (χ4n) is 3.31. The highest BCUT2D eigenvalue weighted by molar-refractivity contribution is 5.85. The third-order valence-corrected chi connectivity index (χ3v) is 5.06. The maximum absolute atomic E-state index is 13.1. The van der Waals surface area contributed by atoms with E-state index in [1.165, 1.54) is 12.1 Å². The second-order valence-corrected chi connectivity index (χ2v) is 6.62. The summed E-state index contributed by atoms with van der Waals surface area (Å²) in [6, 6.07) is 6.44. The Morgan fingerprint density at radius 3 is 2.78 bits per heavy atom. The topological polar surface area (TPSA) is 47.6 Å². The molecule has 0 radical (unpaired) electrons. The van der Waals surface area contributed by atoms with Crippen LogP contribution in [0, 0.1) is 17.2 Å². The summed E-state index contributed by atoms with van der Waals surface area (Å²) in [5.74, 6) is 0.132. The Labute approximate surface area is 136 Å². The Bertz CT molecular complexity index is 542. The molecule has 0 bridgehead atoms. The van der Waals surface area contributed by atoms with E-state index in [9.17, 15) is 9.18 Å². The van der Waals surface area contributed by atoms with Crippen molar-refractivity contribution >= 4 is 5.91 Å². The zero-order valence-corrected chi connectivity index (χ0v) is 13.5. The first-order valence-corrected chi connectivity index (χ1v) is 8.29. The Morgan fingerprint density at radius 2 is 2.13 bits per heavy atom. The van der Waals surface area contributed by atoms with E-state index in [1.807, 2.05) is 0 Å². The number of ether oxygens (including phenoxy) is 2. The summed E-state index contributed by atoms with van der Waals surface area (Å²) in [6.07, 6.45) is 3.53. The van der Waals surface area contributed by atoms with Gasteiger partial charge in [0.2, 0.25) is 5.91 Å². The average Bonchev–Trinajstić information content (AvgIpc) is 3.22. The quantitative estimate of drug-likeness (QED) is 0.840. The van der Waals surface area contributed by atoms with E-state index in [2.05, 4.69) is 5.32 Å². The predicted molar refractivity (Wildman–Crippen MR) is 84.4 cm³/mol. The Balaban J connectivity index is 1.55. The first-order valence-electron chi connectivity index (χ1n) is 8.29. The van der Waals surface area contributed by atoms with Gasteiger partial charge in [0.15, 0.2) is 0 Å². The van der Waals surface area contributed by atoms with Crippen molar-refractivity contribution in [2.24, 2.45) is 11.3 Å². The van der Waals surface area contributed by atoms with Gasteiger partial charge in [0.25, 0.3) is 0 Å². The van der Waals surface area contributed by atoms with Crippen molar-refractivity contribution in [1.29, 1.82) is 0 Å². The molecule has 2 atom stereocenters. The lowest BCUT2D eigenvalue weighted by Gasteiger charge is -2.21. The maximum atomic E-state index is 13.1. The van der Waals surface area contributed by atoms with E-state index in [0.29, 0.717) is 19.8 Å². The Kier molecular flexibility index (Phi) is 4.97. The van der Waals surface area contributed by atoms with Crippen LogP contribution in [0.3, 0.4) is 0 Å². The van der Waals surface area contributed by atoms with Crippen LogP contribution in [0.1, 0.15) is 37.4 Å². The minimum Gasteiger partial charge on any atom is -0.385 e. The number of carbonyl (C=O) groups is 1. The number of halogens is 1. The smallest absolute Gasteiger partial charge is 0.226 e. The minimum atomic E-state index is -0.245. The molecule has 1 aromatic rings. The molecule has 4 nitrogen and oxygen atoms in total. The summed E-state index contributed by atoms with van der Waals surface area (Å²) >= 11 is 0. The summed E-state index contributed by atoms with van der Waals surface area (Å²) < 4.78 is 24.0. The molecule has 5 heteroatoms. The van der Waals surface area contributed by atoms with E-state index in [1.54, 1.807) is 19.2 Å². The zero-order valence-electron chi connectivity index (χ0n) is 13.5. The molecular formula is C18H24FNO3. The third-order valence-electron chi connectivity index (χ3n) is 5.06. The van der Waals surface area contributed by atoms with Crippen molar-refractivity contribution in [2.45, 2.75) is 31.8 Å². The molecule has 2 fully saturated rings. The highest BCUT2D eigenvalue weighted by Gasteiger charge is 2.49. The summed E-state index contributed by atoms with van der Waals surface area (Å²) in [5, 5.41) is 3.10. The van der Waals surface area contributed by atoms with E-state index >= 15 is 0 Å². The molecule has 126 valence electrons. The number of amides is 1. The average molecular weight is 321 g/mol. The number of nitrogens with one attached hydrogen (secondary N) is 1. The Hall–Kier alpha value is -1.46. The van der Waals surface area contributed by atoms with E-state index < -0.39 is 0 Å². The van der Waals surface area contributed by atoms with Crippen LogP contribution >= 0.6 is 0 Å². The predicted octanol–water partition coefficient (Wildman–Crippen LogP) is 2.84. The minimum absolute atomic E-state index is 0.0648. The number of benzene rings is 1. The molecule has 1 aromatic carbocycles. The second-order valence-electron chi connectivity index (χ2n) is 6.62. The molecule has 1 aliphatic carbocycles. The van der Waals surface area contributed by atoms with Gasteiger partial charge in [0.1, 0.15) is 5.82 Å². The van der Waals surface area contributed by atoms with Gasteiger partial charge in [-0.3, -0.25) is 4.79 Å². The lowest BCUT2D eigenvalue weighted by atomic mass is 9.94. The van der Waals surface area contributed by atoms with Crippen LogP contribution in [0.25, 0.3) is 0 Å². The SMILES string of the molecule is COCCC1(C(=O)NC[C@@H]2CCO[C@H]2c2ccc(F)cc2)CC1. The van der Waals surface area contributed by atoms with Gasteiger partial charge in [-0.05, 0) is 43.4 Å². The van der Waals surface area contributed by atoms with Crippen molar-refractivity contribution in [3.63, 3.8) is 0 Å². The highest BCUT2D eigenvalue weighted by Crippen LogP contribution is 2.49. The first-order chi connectivity index (χ1) is 11.1.